The summed E-state index contributed by atoms with van der Waals surface area (Å²) >= 11 is 6.92. The van der Waals surface area contributed by atoms with Crippen LogP contribution >= 0.6 is 31.9 Å². The van der Waals surface area contributed by atoms with Crippen molar-refractivity contribution in [2.75, 3.05) is 0 Å². The Morgan fingerprint density at radius 1 is 1.08 bits per heavy atom. The molecule has 1 unspecified atom stereocenters. The Labute approximate surface area is 170 Å². The zero-order valence-corrected chi connectivity index (χ0v) is 18.5. The Balaban J connectivity index is 2.25. The second kappa shape index (κ2) is 7.73. The third-order valence-electron chi connectivity index (χ3n) is 4.74. The van der Waals surface area contributed by atoms with Crippen molar-refractivity contribution in [1.29, 1.82) is 0 Å². The number of hydrogen-bond donors (Lipinski definition) is 1. The van der Waals surface area contributed by atoms with Crippen molar-refractivity contribution in [3.8, 4) is 17.0 Å². The average molecular weight is 483 g/mol. The van der Waals surface area contributed by atoms with Gasteiger partial charge in [0, 0.05) is 19.8 Å². The van der Waals surface area contributed by atoms with Crippen molar-refractivity contribution in [2.24, 2.45) is 5.92 Å². The highest BCUT2D eigenvalue weighted by atomic mass is 79.9. The fourth-order valence-electron chi connectivity index (χ4n) is 3.02. The van der Waals surface area contributed by atoms with Crippen molar-refractivity contribution in [3.05, 3.63) is 50.7 Å². The van der Waals surface area contributed by atoms with Crippen LogP contribution in [0.2, 0.25) is 0 Å². The molecule has 1 aromatic heterocycles. The van der Waals surface area contributed by atoms with E-state index in [2.05, 4.69) is 63.7 Å². The third kappa shape index (κ3) is 3.70. The summed E-state index contributed by atoms with van der Waals surface area (Å²) < 4.78 is 22.9. The molecule has 1 N–H and O–H groups in total. The molecule has 0 saturated heterocycles. The van der Waals surface area contributed by atoms with Crippen LogP contribution in [-0.2, 0) is 6.42 Å². The van der Waals surface area contributed by atoms with Crippen LogP contribution in [0.4, 0.5) is 4.39 Å². The maximum Gasteiger partial charge on any atom is 0.137 e. The molecular formula is C21H22Br2FNO. The van der Waals surface area contributed by atoms with E-state index in [0.717, 1.165) is 33.1 Å². The van der Waals surface area contributed by atoms with Crippen molar-refractivity contribution in [3.63, 3.8) is 0 Å². The monoisotopic (exact) mass is 481 g/mol. The predicted octanol–water partition coefficient (Wildman–Crippen LogP) is 7.48. The zero-order chi connectivity index (χ0) is 19.0. The maximum absolute atomic E-state index is 15.0. The normalized spacial score (nSPS) is 12.8. The smallest absolute Gasteiger partial charge is 0.137 e. The van der Waals surface area contributed by atoms with E-state index >= 15 is 4.39 Å². The van der Waals surface area contributed by atoms with Gasteiger partial charge < -0.3 is 9.72 Å². The van der Waals surface area contributed by atoms with Crippen LogP contribution in [0.25, 0.3) is 22.2 Å². The maximum atomic E-state index is 15.0. The number of benzene rings is 2. The van der Waals surface area contributed by atoms with Crippen molar-refractivity contribution in [1.82, 2.24) is 4.98 Å². The lowest BCUT2D eigenvalue weighted by atomic mass is 10.0. The van der Waals surface area contributed by atoms with Gasteiger partial charge in [0.25, 0.3) is 0 Å². The third-order valence-corrected chi connectivity index (χ3v) is 5.69. The summed E-state index contributed by atoms with van der Waals surface area (Å²) in [5.41, 5.74) is 3.36. The molecule has 1 heterocycles. The largest absolute Gasteiger partial charge is 0.490 e. The minimum Gasteiger partial charge on any atom is -0.490 e. The van der Waals surface area contributed by atoms with Crippen LogP contribution in [0.1, 0.15) is 33.3 Å². The summed E-state index contributed by atoms with van der Waals surface area (Å²) in [5.74, 6) is 0.582. The number of rotatable bonds is 5. The summed E-state index contributed by atoms with van der Waals surface area (Å²) in [5, 5.41) is 1.10. The van der Waals surface area contributed by atoms with Crippen molar-refractivity contribution < 1.29 is 9.13 Å². The van der Waals surface area contributed by atoms with Crippen LogP contribution in [0, 0.1) is 11.7 Å². The molecule has 0 aliphatic carbocycles. The van der Waals surface area contributed by atoms with Gasteiger partial charge in [-0.05, 0) is 55.2 Å². The van der Waals surface area contributed by atoms with Crippen LogP contribution in [0.15, 0.2) is 39.3 Å². The first-order valence-electron chi connectivity index (χ1n) is 8.78. The predicted molar refractivity (Wildman–Crippen MR) is 113 cm³/mol. The summed E-state index contributed by atoms with van der Waals surface area (Å²) in [6, 6.07) is 9.40. The van der Waals surface area contributed by atoms with E-state index in [1.165, 1.54) is 6.07 Å². The van der Waals surface area contributed by atoms with E-state index in [4.69, 9.17) is 4.74 Å². The number of fused-ring (bicyclic) bond motifs is 1. The molecule has 0 saturated carbocycles. The van der Waals surface area contributed by atoms with Gasteiger partial charge in [-0.3, -0.25) is 0 Å². The Morgan fingerprint density at radius 3 is 2.46 bits per heavy atom. The van der Waals surface area contributed by atoms with Gasteiger partial charge in [-0.25, -0.2) is 4.39 Å². The van der Waals surface area contributed by atoms with Crippen LogP contribution in [-0.4, -0.2) is 11.1 Å². The van der Waals surface area contributed by atoms with E-state index in [-0.39, 0.29) is 11.9 Å². The van der Waals surface area contributed by atoms with E-state index < -0.39 is 0 Å². The summed E-state index contributed by atoms with van der Waals surface area (Å²) in [4.78, 5) is 3.41. The highest BCUT2D eigenvalue weighted by molar-refractivity contribution is 9.10. The molecule has 0 aliphatic heterocycles. The standard InChI is InChI=1S/C21H22Br2FNO/c1-5-15-16-8-13(22)6-7-18(16)25-21(15)20-17(24)9-14(23)10-19(20)26-12(4)11(2)3/h6-12,25H,5H2,1-4H3. The molecule has 3 rings (SSSR count). The van der Waals surface area contributed by atoms with E-state index in [9.17, 15) is 0 Å². The zero-order valence-electron chi connectivity index (χ0n) is 15.3. The lowest BCUT2D eigenvalue weighted by Crippen LogP contribution is -2.19. The van der Waals surface area contributed by atoms with Crippen molar-refractivity contribution >= 4 is 42.8 Å². The molecule has 0 aliphatic rings. The van der Waals surface area contributed by atoms with Gasteiger partial charge in [-0.1, -0.05) is 52.6 Å². The molecule has 2 nitrogen and oxygen atoms in total. The number of nitrogens with one attached hydrogen (secondary N) is 1. The topological polar surface area (TPSA) is 25.0 Å². The molecule has 0 spiro atoms. The molecule has 26 heavy (non-hydrogen) atoms. The van der Waals surface area contributed by atoms with Gasteiger partial charge in [0.05, 0.1) is 17.4 Å². The van der Waals surface area contributed by atoms with Gasteiger partial charge in [-0.2, -0.15) is 0 Å². The molecule has 138 valence electrons. The first-order valence-corrected chi connectivity index (χ1v) is 10.4. The molecule has 0 bridgehead atoms. The number of H-pyrrole nitrogens is 1. The molecule has 5 heteroatoms. The van der Waals surface area contributed by atoms with Crippen LogP contribution in [0.3, 0.4) is 0 Å². The highest BCUT2D eigenvalue weighted by Crippen LogP contribution is 2.40. The quantitative estimate of drug-likeness (QED) is 0.400. The second-order valence-electron chi connectivity index (χ2n) is 6.85. The SMILES string of the molecule is CCc1c(-c2c(F)cc(Br)cc2OC(C)C(C)C)[nH]c2ccc(Br)cc12. The number of hydrogen-bond acceptors (Lipinski definition) is 1. The first kappa shape index (κ1) is 19.4. The Morgan fingerprint density at radius 2 is 1.81 bits per heavy atom. The number of aromatic nitrogens is 1. The van der Waals surface area contributed by atoms with Crippen LogP contribution in [0.5, 0.6) is 5.75 Å². The number of halogens is 3. The number of aromatic amines is 1. The number of aryl methyl sites for hydroxylation is 1. The Kier molecular flexibility index (Phi) is 5.78. The Hall–Kier alpha value is -1.33. The second-order valence-corrected chi connectivity index (χ2v) is 8.68. The molecule has 0 radical (unpaired) electrons. The van der Waals surface area contributed by atoms with Gasteiger partial charge in [0.15, 0.2) is 0 Å². The Bertz CT molecular complexity index is 949. The minimum atomic E-state index is -0.300. The van der Waals surface area contributed by atoms with Gasteiger partial charge >= 0.3 is 0 Å². The number of ether oxygens (including phenoxy) is 1. The molecule has 0 amide bonds. The molecular weight excluding hydrogens is 461 g/mol. The van der Waals surface area contributed by atoms with Crippen molar-refractivity contribution in [2.45, 2.75) is 40.2 Å². The fourth-order valence-corrected chi connectivity index (χ4v) is 3.79. The fraction of sp³-hybridized carbons (Fsp3) is 0.333. The van der Waals surface area contributed by atoms with E-state index in [1.54, 1.807) is 0 Å². The van der Waals surface area contributed by atoms with E-state index in [0.29, 0.717) is 21.7 Å². The summed E-state index contributed by atoms with van der Waals surface area (Å²) in [7, 11) is 0. The highest BCUT2D eigenvalue weighted by Gasteiger charge is 2.22. The molecule has 0 fully saturated rings. The molecule has 1 atom stereocenters. The first-order chi connectivity index (χ1) is 12.3. The summed E-state index contributed by atoms with van der Waals surface area (Å²) in [6.07, 6.45) is 0.770. The average Bonchev–Trinajstić information content (AvgIpc) is 2.91. The van der Waals surface area contributed by atoms with Gasteiger partial charge in [0.2, 0.25) is 0 Å². The lowest BCUT2D eigenvalue weighted by molar-refractivity contribution is 0.170. The minimum absolute atomic E-state index is 0.0222. The van der Waals surface area contributed by atoms with Gasteiger partial charge in [0.1, 0.15) is 11.6 Å². The summed E-state index contributed by atoms with van der Waals surface area (Å²) in [6.45, 7) is 8.28. The lowest BCUT2D eigenvalue weighted by Gasteiger charge is -2.21. The van der Waals surface area contributed by atoms with Gasteiger partial charge in [-0.15, -0.1) is 0 Å². The van der Waals surface area contributed by atoms with E-state index in [1.807, 2.05) is 25.1 Å². The molecule has 2 aromatic carbocycles. The van der Waals surface area contributed by atoms with Crippen LogP contribution < -0.4 is 4.74 Å². The molecule has 3 aromatic rings.